The summed E-state index contributed by atoms with van der Waals surface area (Å²) in [5.74, 6) is 0. The molecule has 0 saturated heterocycles. The van der Waals surface area contributed by atoms with E-state index in [-0.39, 0.29) is 66.7 Å². The lowest BCUT2D eigenvalue weighted by Crippen LogP contribution is -2.18. The molecule has 0 saturated carbocycles. The number of hydrogen-bond donors (Lipinski definition) is 0. The van der Waals surface area contributed by atoms with Crippen LogP contribution in [0, 0.1) is 0 Å². The smallest absolute Gasteiger partial charge is 0.143 e. The van der Waals surface area contributed by atoms with Crippen LogP contribution in [-0.4, -0.2) is 0 Å². The molecule has 1 heterocycles. The Kier molecular flexibility index (Phi) is 4.00. The second-order valence-corrected chi connectivity index (χ2v) is 14.2. The van der Waals surface area contributed by atoms with Crippen molar-refractivity contribution in [3.05, 3.63) is 198 Å². The third-order valence-electron chi connectivity index (χ3n) is 11.1. The largest absolute Gasteiger partial charge is 0.455 e. The van der Waals surface area contributed by atoms with Crippen LogP contribution in [0.4, 0.5) is 17.1 Å². The molecule has 0 unspecified atom stereocenters. The molecule has 268 valence electrons. The molecule has 11 rings (SSSR count). The topological polar surface area (TPSA) is 16.4 Å². The number of benzene rings is 8. The first-order chi connectivity index (χ1) is 35.2. The number of para-hydroxylation sites is 2. The zero-order chi connectivity index (χ0) is 53.9. The summed E-state index contributed by atoms with van der Waals surface area (Å²) in [4.78, 5) is 1.62. The van der Waals surface area contributed by atoms with E-state index in [1.165, 1.54) is 24.3 Å². The average molecular weight is 739 g/mol. The van der Waals surface area contributed by atoms with E-state index in [2.05, 4.69) is 0 Å². The lowest BCUT2D eigenvalue weighted by atomic mass is 9.81. The molecule has 2 aliphatic rings. The summed E-state index contributed by atoms with van der Waals surface area (Å²) in [5.41, 5.74) is -1.57. The number of nitrogens with zero attached hydrogens (tertiary/aromatic N) is 1. The molecule has 2 nitrogen and oxygen atoms in total. The van der Waals surface area contributed by atoms with Crippen LogP contribution in [0.15, 0.2) is 180 Å². The average Bonchev–Trinajstić information content (AvgIpc) is 4.02. The van der Waals surface area contributed by atoms with Gasteiger partial charge in [-0.3, -0.25) is 0 Å². The molecule has 0 amide bonds. The monoisotopic (exact) mass is 738 g/mol. The van der Waals surface area contributed by atoms with Crippen LogP contribution in [0.5, 0.6) is 0 Å². The van der Waals surface area contributed by atoms with Crippen LogP contribution in [0.1, 0.15) is 75.7 Å². The number of fused-ring (bicyclic) bond motifs is 9. The van der Waals surface area contributed by atoms with Crippen molar-refractivity contribution in [1.82, 2.24) is 0 Å². The number of furan rings is 1. The Hall–Kier alpha value is -6.64. The summed E-state index contributed by atoms with van der Waals surface area (Å²) in [7, 11) is 0. The van der Waals surface area contributed by atoms with E-state index in [9.17, 15) is 0 Å². The van der Waals surface area contributed by atoms with Gasteiger partial charge < -0.3 is 9.32 Å². The minimum absolute atomic E-state index is 0.00255. The quantitative estimate of drug-likeness (QED) is 0.175. The Labute approximate surface area is 355 Å². The van der Waals surface area contributed by atoms with Crippen LogP contribution in [0.2, 0.25) is 0 Å². The van der Waals surface area contributed by atoms with E-state index >= 15 is 0 Å². The first-order valence-corrected chi connectivity index (χ1v) is 18.1. The van der Waals surface area contributed by atoms with Gasteiger partial charge in [-0.1, -0.05) is 161 Å². The first kappa shape index (κ1) is 18.8. The summed E-state index contributed by atoms with van der Waals surface area (Å²) in [6.07, 6.45) is 0. The second kappa shape index (κ2) is 11.9. The van der Waals surface area contributed by atoms with Gasteiger partial charge in [0.15, 0.2) is 0 Å². The van der Waals surface area contributed by atoms with Gasteiger partial charge in [0.25, 0.3) is 0 Å². The fourth-order valence-corrected chi connectivity index (χ4v) is 8.52. The molecule has 2 aliphatic carbocycles. The Morgan fingerprint density at radius 1 is 0.464 bits per heavy atom. The van der Waals surface area contributed by atoms with Gasteiger partial charge in [-0.2, -0.15) is 0 Å². The van der Waals surface area contributed by atoms with Gasteiger partial charge >= 0.3 is 0 Å². The van der Waals surface area contributed by atoms with Crippen molar-refractivity contribution in [3.63, 3.8) is 0 Å². The highest BCUT2D eigenvalue weighted by Crippen LogP contribution is 2.55. The minimum atomic E-state index is -3.18. The van der Waals surface area contributed by atoms with E-state index in [0.29, 0.717) is 33.5 Å². The zero-order valence-corrected chi connectivity index (χ0v) is 29.6. The third kappa shape index (κ3) is 4.69. The molecule has 0 bridgehead atoms. The molecule has 0 fully saturated rings. The fraction of sp³-hybridized carbons (Fsp3) is 0.111. The standard InChI is InChI=1S/C54H41NO/c1-53(2)46-21-10-8-16-41(46)42-30-28-37(32-48(42)53)55(36-26-24-35(25-27-36)40-19-12-20-44-43-17-9-11-23-50(43)56-52(40)44)38-29-31-45-49(33-38)54(3,4)47-22-13-18-39(51(45)47)34-14-6-5-7-15-34/h5-33H,1-4H3/i1D3,2D3,3D3,4D3,9D,11D,12D,17D,19D,20D,23D. The molecular weight excluding hydrogens is 679 g/mol. The normalized spacial score (nSPS) is 20.2. The molecule has 2 heteroatoms. The van der Waals surface area contributed by atoms with Crippen LogP contribution < -0.4 is 4.90 Å². The SMILES string of the molecule is [2H]c1c([2H])c([2H])c2c(oc3c(-c4ccc(N(c5ccc6c(c5)C(C([2H])([2H])[2H])(C([2H])([2H])[2H])c5ccccc5-6)c5ccc6c(c5)C(C([2H])([2H])[2H])(C([2H])([2H])[2H])c5cccc(-c7ccccc7)c5-6)cc4)c([2H])c([2H])c([2H])c32)c1[2H]. The molecule has 8 aromatic carbocycles. The summed E-state index contributed by atoms with van der Waals surface area (Å²) in [6, 6.07) is 32.9. The Morgan fingerprint density at radius 3 is 1.88 bits per heavy atom. The molecule has 0 atom stereocenters. The van der Waals surface area contributed by atoms with Gasteiger partial charge in [0, 0.05) is 60.7 Å². The second-order valence-electron chi connectivity index (χ2n) is 14.2. The van der Waals surface area contributed by atoms with Crippen LogP contribution in [-0.2, 0) is 10.8 Å². The Morgan fingerprint density at radius 2 is 1.07 bits per heavy atom. The summed E-state index contributed by atoms with van der Waals surface area (Å²) in [5, 5.41) is -0.214. The van der Waals surface area contributed by atoms with Crippen LogP contribution >= 0.6 is 0 Å². The van der Waals surface area contributed by atoms with Crippen LogP contribution in [0.3, 0.4) is 0 Å². The van der Waals surface area contributed by atoms with Gasteiger partial charge in [-0.25, -0.2) is 0 Å². The highest BCUT2D eigenvalue weighted by Gasteiger charge is 2.38. The summed E-state index contributed by atoms with van der Waals surface area (Å²) in [6.45, 7) is -12.6. The lowest BCUT2D eigenvalue weighted by Gasteiger charge is -2.30. The van der Waals surface area contributed by atoms with Gasteiger partial charge in [0.1, 0.15) is 11.2 Å². The highest BCUT2D eigenvalue weighted by atomic mass is 16.3. The first-order valence-electron chi connectivity index (χ1n) is 27.6. The van der Waals surface area contributed by atoms with Gasteiger partial charge in [-0.05, 0) is 104 Å². The number of hydrogen-bond acceptors (Lipinski definition) is 2. The van der Waals surface area contributed by atoms with Crippen molar-refractivity contribution in [3.8, 4) is 44.5 Å². The number of anilines is 3. The molecule has 0 aliphatic heterocycles. The fourth-order valence-electron chi connectivity index (χ4n) is 8.52. The summed E-state index contributed by atoms with van der Waals surface area (Å²) < 4.78 is 175. The zero-order valence-electron chi connectivity index (χ0n) is 48.6. The Bertz CT molecular complexity index is 3840. The van der Waals surface area contributed by atoms with E-state index < -0.39 is 80.5 Å². The molecule has 0 spiro atoms. The maximum atomic E-state index is 9.14. The number of rotatable bonds is 5. The van der Waals surface area contributed by atoms with Crippen LogP contribution in [0.25, 0.3) is 66.4 Å². The van der Waals surface area contributed by atoms with E-state index in [1.54, 1.807) is 83.8 Å². The molecule has 0 N–H and O–H groups in total. The highest BCUT2D eigenvalue weighted by molar-refractivity contribution is 6.09. The van der Waals surface area contributed by atoms with Crippen molar-refractivity contribution in [2.24, 2.45) is 0 Å². The van der Waals surface area contributed by atoms with Crippen molar-refractivity contribution in [1.29, 1.82) is 0 Å². The van der Waals surface area contributed by atoms with Crippen molar-refractivity contribution in [2.75, 3.05) is 4.90 Å². The van der Waals surface area contributed by atoms with Crippen molar-refractivity contribution >= 4 is 39.0 Å². The lowest BCUT2D eigenvalue weighted by molar-refractivity contribution is 0.660. The molecule has 0 radical (unpaired) electrons. The Balaban J connectivity index is 1.19. The van der Waals surface area contributed by atoms with E-state index in [4.69, 9.17) is 30.5 Å². The minimum Gasteiger partial charge on any atom is -0.455 e. The van der Waals surface area contributed by atoms with E-state index in [1.807, 2.05) is 30.3 Å². The predicted octanol–water partition coefficient (Wildman–Crippen LogP) is 15.0. The van der Waals surface area contributed by atoms with Crippen molar-refractivity contribution in [2.45, 2.75) is 38.2 Å². The molecule has 1 aromatic heterocycles. The maximum Gasteiger partial charge on any atom is 0.143 e. The van der Waals surface area contributed by atoms with Gasteiger partial charge in [0.2, 0.25) is 0 Å². The van der Waals surface area contributed by atoms with E-state index in [0.717, 1.165) is 5.56 Å². The third-order valence-corrected chi connectivity index (χ3v) is 11.1. The van der Waals surface area contributed by atoms with Gasteiger partial charge in [-0.15, -0.1) is 0 Å². The maximum absolute atomic E-state index is 9.14. The molecule has 9 aromatic rings. The van der Waals surface area contributed by atoms with Gasteiger partial charge in [0.05, 0.1) is 9.60 Å². The molecule has 56 heavy (non-hydrogen) atoms. The van der Waals surface area contributed by atoms with Crippen molar-refractivity contribution < 1.29 is 30.5 Å². The predicted molar refractivity (Wildman–Crippen MR) is 234 cm³/mol. The molecular formula is C54H41NO. The summed E-state index contributed by atoms with van der Waals surface area (Å²) >= 11 is 0.